The normalized spacial score (nSPS) is 15.3. The van der Waals surface area contributed by atoms with Gasteiger partial charge >= 0.3 is 0 Å². The summed E-state index contributed by atoms with van der Waals surface area (Å²) in [5, 5.41) is 0.448. The molecule has 0 fully saturated rings. The maximum atomic E-state index is 11.2. The van der Waals surface area contributed by atoms with Crippen molar-refractivity contribution in [2.24, 2.45) is 4.99 Å². The predicted molar refractivity (Wildman–Crippen MR) is 78.6 cm³/mol. The lowest BCUT2D eigenvalue weighted by Crippen LogP contribution is -2.25. The van der Waals surface area contributed by atoms with E-state index in [1.165, 1.54) is 22.2 Å². The summed E-state index contributed by atoms with van der Waals surface area (Å²) in [5.41, 5.74) is 1.99. The lowest BCUT2D eigenvalue weighted by atomic mass is 9.87. The number of rotatable bonds is 2. The lowest BCUT2D eigenvalue weighted by molar-refractivity contribution is -0.115. The largest absolute Gasteiger partial charge is 0.278 e. The second-order valence-corrected chi connectivity index (χ2v) is 6.29. The maximum Gasteiger partial charge on any atom is 0.258 e. The van der Waals surface area contributed by atoms with Crippen LogP contribution in [0.4, 0.5) is 5.69 Å². The van der Waals surface area contributed by atoms with Crippen LogP contribution in [0.15, 0.2) is 29.3 Å². The van der Waals surface area contributed by atoms with Crippen molar-refractivity contribution < 1.29 is 9.59 Å². The Bertz CT molecular complexity index is 529. The molecule has 0 aromatic heterocycles. The SMILES string of the molecule is CC(C)(C)c1ccc(N(C=O)C2=NC(=O)CS2)cc1. The van der Waals surface area contributed by atoms with E-state index >= 15 is 0 Å². The Labute approximate surface area is 116 Å². The number of benzene rings is 1. The average molecular weight is 276 g/mol. The third-order valence-corrected chi connectivity index (χ3v) is 3.81. The quantitative estimate of drug-likeness (QED) is 0.780. The summed E-state index contributed by atoms with van der Waals surface area (Å²) in [6, 6.07) is 7.74. The number of carbonyl (C=O) groups excluding carboxylic acids is 2. The fourth-order valence-electron chi connectivity index (χ4n) is 1.76. The van der Waals surface area contributed by atoms with E-state index in [0.717, 1.165) is 5.69 Å². The van der Waals surface area contributed by atoms with Crippen LogP contribution < -0.4 is 4.90 Å². The zero-order chi connectivity index (χ0) is 14.0. The molecule has 2 rings (SSSR count). The highest BCUT2D eigenvalue weighted by atomic mass is 32.2. The first kappa shape index (κ1) is 13.8. The van der Waals surface area contributed by atoms with E-state index in [1.807, 2.05) is 24.3 Å². The molecule has 1 aromatic rings. The summed E-state index contributed by atoms with van der Waals surface area (Å²) in [7, 11) is 0. The molecule has 0 N–H and O–H groups in total. The van der Waals surface area contributed by atoms with Crippen LogP contribution in [0.25, 0.3) is 0 Å². The summed E-state index contributed by atoms with van der Waals surface area (Å²) in [5.74, 6) is 0.109. The van der Waals surface area contributed by atoms with E-state index in [2.05, 4.69) is 25.8 Å². The van der Waals surface area contributed by atoms with Crippen LogP contribution in [0.1, 0.15) is 26.3 Å². The van der Waals surface area contributed by atoms with Gasteiger partial charge in [0.15, 0.2) is 5.17 Å². The summed E-state index contributed by atoms with van der Waals surface area (Å²) in [4.78, 5) is 27.6. The van der Waals surface area contributed by atoms with Gasteiger partial charge in [0.1, 0.15) is 0 Å². The molecule has 19 heavy (non-hydrogen) atoms. The highest BCUT2D eigenvalue weighted by Gasteiger charge is 2.22. The Morgan fingerprint density at radius 1 is 1.26 bits per heavy atom. The third-order valence-electron chi connectivity index (χ3n) is 2.87. The topological polar surface area (TPSA) is 49.7 Å². The van der Waals surface area contributed by atoms with Crippen LogP contribution in [-0.2, 0) is 15.0 Å². The van der Waals surface area contributed by atoms with Gasteiger partial charge in [0.2, 0.25) is 6.41 Å². The first-order valence-electron chi connectivity index (χ1n) is 6.01. The Morgan fingerprint density at radius 2 is 1.89 bits per heavy atom. The Hall–Kier alpha value is -1.62. The first-order valence-corrected chi connectivity index (χ1v) is 7.00. The van der Waals surface area contributed by atoms with Crippen LogP contribution in [0.3, 0.4) is 0 Å². The molecule has 0 aliphatic carbocycles. The Morgan fingerprint density at radius 3 is 2.32 bits per heavy atom. The second-order valence-electron chi connectivity index (χ2n) is 5.35. The van der Waals surface area contributed by atoms with Crippen LogP contribution in [0, 0.1) is 0 Å². The molecule has 2 amide bonds. The average Bonchev–Trinajstić information content (AvgIpc) is 2.76. The summed E-state index contributed by atoms with van der Waals surface area (Å²) in [6.07, 6.45) is 0.691. The van der Waals surface area contributed by atoms with Gasteiger partial charge in [-0.25, -0.2) is 0 Å². The highest BCUT2D eigenvalue weighted by Crippen LogP contribution is 2.26. The third kappa shape index (κ3) is 3.04. The van der Waals surface area contributed by atoms with Gasteiger partial charge in [-0.2, -0.15) is 4.99 Å². The van der Waals surface area contributed by atoms with Crippen LogP contribution >= 0.6 is 11.8 Å². The summed E-state index contributed by atoms with van der Waals surface area (Å²) in [6.45, 7) is 6.40. The number of hydrogen-bond donors (Lipinski definition) is 0. The first-order chi connectivity index (χ1) is 8.91. The molecule has 0 saturated carbocycles. The van der Waals surface area contributed by atoms with Crippen molar-refractivity contribution >= 4 is 34.9 Å². The Balaban J connectivity index is 2.27. The minimum Gasteiger partial charge on any atom is -0.278 e. The van der Waals surface area contributed by atoms with Gasteiger partial charge in [0.05, 0.1) is 11.4 Å². The van der Waals surface area contributed by atoms with Crippen LogP contribution in [0.5, 0.6) is 0 Å². The molecular weight excluding hydrogens is 260 g/mol. The maximum absolute atomic E-state index is 11.2. The molecule has 0 radical (unpaired) electrons. The molecule has 0 bridgehead atoms. The number of anilines is 1. The Kier molecular flexibility index (Phi) is 3.75. The molecule has 1 aliphatic heterocycles. The van der Waals surface area contributed by atoms with Crippen molar-refractivity contribution in [1.82, 2.24) is 0 Å². The fourth-order valence-corrected chi connectivity index (χ4v) is 2.53. The number of nitrogens with zero attached hydrogens (tertiary/aromatic N) is 2. The van der Waals surface area contributed by atoms with Gasteiger partial charge in [-0.1, -0.05) is 44.7 Å². The van der Waals surface area contributed by atoms with Gasteiger partial charge in [0.25, 0.3) is 5.91 Å². The predicted octanol–water partition coefficient (Wildman–Crippen LogP) is 2.58. The lowest BCUT2D eigenvalue weighted by Gasteiger charge is -2.21. The molecular formula is C14H16N2O2S. The van der Waals surface area contributed by atoms with E-state index in [9.17, 15) is 9.59 Å². The monoisotopic (exact) mass is 276 g/mol. The van der Waals surface area contributed by atoms with Crippen LogP contribution in [0.2, 0.25) is 0 Å². The fraction of sp³-hybridized carbons (Fsp3) is 0.357. The van der Waals surface area contributed by atoms with Crippen molar-refractivity contribution in [3.05, 3.63) is 29.8 Å². The molecule has 0 unspecified atom stereocenters. The van der Waals surface area contributed by atoms with Gasteiger partial charge < -0.3 is 0 Å². The van der Waals surface area contributed by atoms with Gasteiger partial charge in [-0.15, -0.1) is 0 Å². The molecule has 100 valence electrons. The summed E-state index contributed by atoms with van der Waals surface area (Å²) >= 11 is 1.28. The number of thioether (sulfide) groups is 1. The molecule has 4 nitrogen and oxygen atoms in total. The number of carbonyl (C=O) groups is 2. The van der Waals surface area contributed by atoms with E-state index in [1.54, 1.807) is 0 Å². The minimum absolute atomic E-state index is 0.0696. The molecule has 0 saturated heterocycles. The van der Waals surface area contributed by atoms with Crippen molar-refractivity contribution in [3.8, 4) is 0 Å². The smallest absolute Gasteiger partial charge is 0.258 e. The number of amides is 2. The van der Waals surface area contributed by atoms with E-state index < -0.39 is 0 Å². The van der Waals surface area contributed by atoms with Crippen molar-refractivity contribution in [3.63, 3.8) is 0 Å². The molecule has 0 atom stereocenters. The zero-order valence-electron chi connectivity index (χ0n) is 11.2. The van der Waals surface area contributed by atoms with E-state index in [-0.39, 0.29) is 11.3 Å². The molecule has 5 heteroatoms. The van der Waals surface area contributed by atoms with Gasteiger partial charge in [-0.3, -0.25) is 14.5 Å². The van der Waals surface area contributed by atoms with Gasteiger partial charge in [-0.05, 0) is 23.1 Å². The molecule has 1 heterocycles. The number of aliphatic imine (C=N–C) groups is 1. The molecule has 1 aliphatic rings. The standard InChI is InChI=1S/C14H16N2O2S/c1-14(2,3)10-4-6-11(7-5-10)16(9-17)13-15-12(18)8-19-13/h4-7,9H,8H2,1-3H3. The van der Waals surface area contributed by atoms with E-state index in [0.29, 0.717) is 17.3 Å². The van der Waals surface area contributed by atoms with Crippen molar-refractivity contribution in [2.75, 3.05) is 10.7 Å². The number of hydrogen-bond acceptors (Lipinski definition) is 3. The molecule has 0 spiro atoms. The van der Waals surface area contributed by atoms with Gasteiger partial charge in [0, 0.05) is 0 Å². The minimum atomic E-state index is -0.196. The summed E-state index contributed by atoms with van der Waals surface area (Å²) < 4.78 is 0. The highest BCUT2D eigenvalue weighted by molar-refractivity contribution is 8.15. The van der Waals surface area contributed by atoms with Crippen molar-refractivity contribution in [1.29, 1.82) is 0 Å². The van der Waals surface area contributed by atoms with E-state index in [4.69, 9.17) is 0 Å². The second kappa shape index (κ2) is 5.17. The van der Waals surface area contributed by atoms with Crippen LogP contribution in [-0.4, -0.2) is 23.2 Å². The number of amidine groups is 1. The molecule has 1 aromatic carbocycles. The zero-order valence-corrected chi connectivity index (χ0v) is 12.0. The van der Waals surface area contributed by atoms with Crippen molar-refractivity contribution in [2.45, 2.75) is 26.2 Å².